The van der Waals surface area contributed by atoms with Crippen LogP contribution < -0.4 is 0 Å². The lowest BCUT2D eigenvalue weighted by molar-refractivity contribution is -0.132. The molecule has 0 aromatic rings. The number of hydrogen-bond acceptors (Lipinski definition) is 1. The fraction of sp³-hybridized carbons (Fsp3) is 0.833. The van der Waals surface area contributed by atoms with Crippen LogP contribution in [0, 0.1) is 0 Å². The summed E-state index contributed by atoms with van der Waals surface area (Å²) >= 11 is 0. The second kappa shape index (κ2) is 3.01. The first kappa shape index (κ1) is 6.80. The summed E-state index contributed by atoms with van der Waals surface area (Å²) in [6, 6.07) is 0. The Kier molecular flexibility index (Phi) is 2.27. The molecule has 52 valence electrons. The van der Waals surface area contributed by atoms with Gasteiger partial charge in [-0.05, 0) is 12.8 Å². The normalized spacial score (nSPS) is 20.9. The summed E-state index contributed by atoms with van der Waals surface area (Å²) in [6.07, 6.45) is 4.14. The van der Waals surface area contributed by atoms with Crippen molar-refractivity contribution in [3.63, 3.8) is 0 Å². The van der Waals surface area contributed by atoms with Crippen LogP contribution in [0.15, 0.2) is 0 Å². The van der Waals surface area contributed by atoms with Crippen molar-refractivity contribution in [3.05, 3.63) is 0 Å². The quantitative estimate of drug-likeness (QED) is 0.445. The third-order valence-corrected chi connectivity index (χ3v) is 2.57. The summed E-state index contributed by atoms with van der Waals surface area (Å²) in [5.41, 5.74) is 0. The number of likely N-dealkylation sites (tertiary alicyclic amines) is 1. The number of hydrogen-bond donors (Lipinski definition) is 0. The number of carbonyl (C=O) groups is 1. The Balaban J connectivity index is 2.39. The van der Waals surface area contributed by atoms with Crippen molar-refractivity contribution in [2.24, 2.45) is 0 Å². The standard InChI is InChI=1S/C6H13NOSi/c8-6-3-1-2-4-7(6)5-9/h1-5H2,9H3. The first-order chi connectivity index (χ1) is 4.34. The average Bonchev–Trinajstić information content (AvgIpc) is 1.89. The number of rotatable bonds is 1. The SMILES string of the molecule is O=C1CCCCN1C[SiH3]. The third kappa shape index (κ3) is 1.54. The maximum absolute atomic E-state index is 11.0. The fourth-order valence-electron chi connectivity index (χ4n) is 1.20. The molecule has 1 amide bonds. The van der Waals surface area contributed by atoms with E-state index < -0.39 is 0 Å². The van der Waals surface area contributed by atoms with Gasteiger partial charge in [0.1, 0.15) is 0 Å². The van der Waals surface area contributed by atoms with Gasteiger partial charge in [0.25, 0.3) is 0 Å². The Labute approximate surface area is 58.7 Å². The second-order valence-corrected chi connectivity index (χ2v) is 3.06. The molecule has 0 saturated carbocycles. The molecule has 3 heteroatoms. The van der Waals surface area contributed by atoms with Gasteiger partial charge in [-0.3, -0.25) is 4.79 Å². The van der Waals surface area contributed by atoms with Gasteiger partial charge >= 0.3 is 0 Å². The number of carbonyl (C=O) groups excluding carboxylic acids is 1. The first-order valence-electron chi connectivity index (χ1n) is 3.62. The zero-order chi connectivity index (χ0) is 6.69. The van der Waals surface area contributed by atoms with Crippen molar-refractivity contribution in [2.45, 2.75) is 19.3 Å². The molecule has 2 nitrogen and oxygen atoms in total. The highest BCUT2D eigenvalue weighted by atomic mass is 28.1. The van der Waals surface area contributed by atoms with Gasteiger partial charge in [0.15, 0.2) is 0 Å². The van der Waals surface area contributed by atoms with Crippen molar-refractivity contribution < 1.29 is 4.79 Å². The predicted molar refractivity (Wildman–Crippen MR) is 40.4 cm³/mol. The zero-order valence-electron chi connectivity index (χ0n) is 5.89. The predicted octanol–water partition coefficient (Wildman–Crippen LogP) is -0.678. The molecule has 1 rings (SSSR count). The highest BCUT2D eigenvalue weighted by Gasteiger charge is 2.14. The molecule has 1 saturated heterocycles. The molecule has 0 N–H and O–H groups in total. The van der Waals surface area contributed by atoms with E-state index in [4.69, 9.17) is 0 Å². The van der Waals surface area contributed by atoms with E-state index >= 15 is 0 Å². The lowest BCUT2D eigenvalue weighted by Crippen LogP contribution is -2.35. The van der Waals surface area contributed by atoms with Crippen LogP contribution in [0.5, 0.6) is 0 Å². The molecule has 0 atom stereocenters. The zero-order valence-corrected chi connectivity index (χ0v) is 7.89. The monoisotopic (exact) mass is 143 g/mol. The molecule has 1 aliphatic rings. The van der Waals surface area contributed by atoms with Crippen molar-refractivity contribution >= 4 is 16.1 Å². The van der Waals surface area contributed by atoms with Gasteiger partial charge in [-0.1, -0.05) is 0 Å². The summed E-state index contributed by atoms with van der Waals surface area (Å²) in [7, 11) is 1.12. The first-order valence-corrected chi connectivity index (χ1v) is 5.04. The lowest BCUT2D eigenvalue weighted by Gasteiger charge is -2.24. The summed E-state index contributed by atoms with van der Waals surface area (Å²) in [5.74, 6) is 0.372. The summed E-state index contributed by atoms with van der Waals surface area (Å²) in [4.78, 5) is 13.0. The van der Waals surface area contributed by atoms with Gasteiger partial charge in [0.05, 0.1) is 0 Å². The molecule has 0 bridgehead atoms. The summed E-state index contributed by atoms with van der Waals surface area (Å²) in [5, 5.41) is 0. The number of nitrogens with zero attached hydrogens (tertiary/aromatic N) is 1. The van der Waals surface area contributed by atoms with Crippen LogP contribution in [0.25, 0.3) is 0 Å². The van der Waals surface area contributed by atoms with Crippen molar-refractivity contribution in [3.8, 4) is 0 Å². The van der Waals surface area contributed by atoms with Gasteiger partial charge in [0.2, 0.25) is 5.91 Å². The molecular formula is C6H13NOSi. The van der Waals surface area contributed by atoms with Crippen LogP contribution >= 0.6 is 0 Å². The van der Waals surface area contributed by atoms with E-state index in [0.29, 0.717) is 5.91 Å². The van der Waals surface area contributed by atoms with Crippen LogP contribution in [0.3, 0.4) is 0 Å². The molecule has 1 heterocycles. The molecule has 0 aromatic carbocycles. The molecule has 0 spiro atoms. The van der Waals surface area contributed by atoms with E-state index in [2.05, 4.69) is 0 Å². The number of piperidine rings is 1. The minimum absolute atomic E-state index is 0.372. The Morgan fingerprint density at radius 2 is 2.33 bits per heavy atom. The van der Waals surface area contributed by atoms with Crippen LogP contribution in [0.4, 0.5) is 0 Å². The molecule has 0 unspecified atom stereocenters. The van der Waals surface area contributed by atoms with Gasteiger partial charge < -0.3 is 4.90 Å². The molecule has 0 aromatic heterocycles. The van der Waals surface area contributed by atoms with Crippen LogP contribution in [0.1, 0.15) is 19.3 Å². The Morgan fingerprint density at radius 3 is 2.78 bits per heavy atom. The van der Waals surface area contributed by atoms with Crippen molar-refractivity contribution in [1.29, 1.82) is 0 Å². The topological polar surface area (TPSA) is 20.3 Å². The fourth-order valence-corrected chi connectivity index (χ4v) is 1.87. The van der Waals surface area contributed by atoms with Gasteiger partial charge in [0, 0.05) is 29.4 Å². The summed E-state index contributed by atoms with van der Waals surface area (Å²) < 4.78 is 0. The van der Waals surface area contributed by atoms with E-state index in [-0.39, 0.29) is 0 Å². The Morgan fingerprint density at radius 1 is 1.56 bits per heavy atom. The van der Waals surface area contributed by atoms with Gasteiger partial charge in [-0.15, -0.1) is 0 Å². The highest BCUT2D eigenvalue weighted by Crippen LogP contribution is 2.08. The maximum atomic E-state index is 11.0. The van der Waals surface area contributed by atoms with E-state index in [0.717, 1.165) is 35.8 Å². The smallest absolute Gasteiger partial charge is 0.222 e. The Bertz CT molecular complexity index is 116. The average molecular weight is 143 g/mol. The summed E-state index contributed by atoms with van der Waals surface area (Å²) in [6.45, 7) is 1.02. The van der Waals surface area contributed by atoms with Crippen LogP contribution in [0.2, 0.25) is 0 Å². The molecule has 1 fully saturated rings. The second-order valence-electron chi connectivity index (χ2n) is 2.43. The van der Waals surface area contributed by atoms with Crippen LogP contribution in [-0.2, 0) is 4.79 Å². The minimum atomic E-state index is 0.372. The molecular weight excluding hydrogens is 130 g/mol. The molecule has 9 heavy (non-hydrogen) atoms. The third-order valence-electron chi connectivity index (χ3n) is 1.80. The minimum Gasteiger partial charge on any atom is -0.347 e. The lowest BCUT2D eigenvalue weighted by atomic mass is 10.1. The van der Waals surface area contributed by atoms with Gasteiger partial charge in [-0.25, -0.2) is 0 Å². The van der Waals surface area contributed by atoms with E-state index in [1.165, 1.54) is 6.42 Å². The van der Waals surface area contributed by atoms with Crippen molar-refractivity contribution in [2.75, 3.05) is 12.7 Å². The van der Waals surface area contributed by atoms with Gasteiger partial charge in [-0.2, -0.15) is 0 Å². The van der Waals surface area contributed by atoms with E-state index in [9.17, 15) is 4.79 Å². The van der Waals surface area contributed by atoms with Crippen molar-refractivity contribution in [1.82, 2.24) is 4.90 Å². The molecule has 0 aliphatic carbocycles. The largest absolute Gasteiger partial charge is 0.347 e. The van der Waals surface area contributed by atoms with E-state index in [1.807, 2.05) is 4.90 Å². The van der Waals surface area contributed by atoms with Crippen LogP contribution in [-0.4, -0.2) is 33.8 Å². The molecule has 1 aliphatic heterocycles. The Hall–Kier alpha value is -0.313. The van der Waals surface area contributed by atoms with E-state index in [1.54, 1.807) is 0 Å². The maximum Gasteiger partial charge on any atom is 0.222 e. The number of amides is 1. The highest BCUT2D eigenvalue weighted by molar-refractivity contribution is 6.10. The molecule has 0 radical (unpaired) electrons.